The van der Waals surface area contributed by atoms with Gasteiger partial charge in [0.1, 0.15) is 5.82 Å². The predicted molar refractivity (Wildman–Crippen MR) is 124 cm³/mol. The smallest absolute Gasteiger partial charge is 0.254 e. The summed E-state index contributed by atoms with van der Waals surface area (Å²) in [5.74, 6) is 1.23. The quantitative estimate of drug-likeness (QED) is 0.452. The lowest BCUT2D eigenvalue weighted by atomic mass is 10.1. The number of anilines is 2. The van der Waals surface area contributed by atoms with E-state index in [4.69, 9.17) is 28.9 Å². The number of rotatable bonds is 5. The second kappa shape index (κ2) is 10.8. The second-order valence-corrected chi connectivity index (χ2v) is 7.64. The Bertz CT molecular complexity index is 860. The van der Waals surface area contributed by atoms with Crippen LogP contribution in [0.25, 0.3) is 0 Å². The van der Waals surface area contributed by atoms with Crippen molar-refractivity contribution >= 4 is 59.0 Å². The van der Waals surface area contributed by atoms with E-state index in [1.54, 1.807) is 18.2 Å². The average molecular weight is 459 g/mol. The van der Waals surface area contributed by atoms with Gasteiger partial charge in [0, 0.05) is 30.0 Å². The summed E-state index contributed by atoms with van der Waals surface area (Å²) >= 11 is 12.0. The molecule has 0 saturated carbocycles. The minimum atomic E-state index is 0. The normalized spacial score (nSPS) is 17.5. The fourth-order valence-corrected chi connectivity index (χ4v) is 3.50. The molecular weight excluding hydrogens is 433 g/mol. The lowest BCUT2D eigenvalue weighted by Gasteiger charge is -2.32. The van der Waals surface area contributed by atoms with Crippen LogP contribution < -0.4 is 16.4 Å². The standard InChI is InChI=1S/C19H25Cl2N7.ClH/c1-3-28-8-4-5-14(11-28)24-17-9-12(2)23-19(26-17)27-18(22)25-13-6-7-15(20)16(21)10-13;/h6-7,9-10,14H,3-5,8,11H2,1-2H3,(H4,22,23,24,25,26,27);1H. The van der Waals surface area contributed by atoms with Gasteiger partial charge in [-0.3, -0.25) is 0 Å². The van der Waals surface area contributed by atoms with Gasteiger partial charge in [0.15, 0.2) is 0 Å². The molecule has 10 heteroatoms. The molecule has 1 atom stereocenters. The molecule has 3 rings (SSSR count). The van der Waals surface area contributed by atoms with Crippen LogP contribution in [0.5, 0.6) is 0 Å². The molecule has 0 amide bonds. The van der Waals surface area contributed by atoms with Gasteiger partial charge in [-0.1, -0.05) is 30.1 Å². The first-order chi connectivity index (χ1) is 13.4. The first-order valence-electron chi connectivity index (χ1n) is 9.33. The number of hydrogen-bond acceptors (Lipinski definition) is 5. The molecule has 7 nitrogen and oxygen atoms in total. The second-order valence-electron chi connectivity index (χ2n) is 6.82. The molecule has 1 aromatic carbocycles. The van der Waals surface area contributed by atoms with E-state index in [0.717, 1.165) is 37.6 Å². The Kier molecular flexibility index (Phi) is 8.77. The van der Waals surface area contributed by atoms with Crippen LogP contribution in [0.1, 0.15) is 25.5 Å². The summed E-state index contributed by atoms with van der Waals surface area (Å²) in [7, 11) is 0. The van der Waals surface area contributed by atoms with E-state index in [1.165, 1.54) is 6.42 Å². The molecular formula is C19H26Cl3N7. The number of piperidine rings is 1. The number of benzene rings is 1. The zero-order chi connectivity index (χ0) is 20.1. The van der Waals surface area contributed by atoms with Gasteiger partial charge < -0.3 is 21.3 Å². The highest BCUT2D eigenvalue weighted by molar-refractivity contribution is 6.42. The van der Waals surface area contributed by atoms with Crippen LogP contribution >= 0.6 is 35.6 Å². The van der Waals surface area contributed by atoms with Crippen LogP contribution in [-0.4, -0.2) is 46.5 Å². The van der Waals surface area contributed by atoms with Crippen LogP contribution in [0.4, 0.5) is 17.5 Å². The largest absolute Gasteiger partial charge is 0.369 e. The highest BCUT2D eigenvalue weighted by Gasteiger charge is 2.19. The highest BCUT2D eigenvalue weighted by Crippen LogP contribution is 2.25. The lowest BCUT2D eigenvalue weighted by Crippen LogP contribution is -2.42. The van der Waals surface area contributed by atoms with Crippen molar-refractivity contribution < 1.29 is 0 Å². The van der Waals surface area contributed by atoms with Crippen LogP contribution in [0.2, 0.25) is 10.0 Å². The Labute approximate surface area is 187 Å². The van der Waals surface area contributed by atoms with E-state index in [9.17, 15) is 0 Å². The lowest BCUT2D eigenvalue weighted by molar-refractivity contribution is 0.226. The molecule has 0 bridgehead atoms. The third-order valence-corrected chi connectivity index (χ3v) is 5.30. The van der Waals surface area contributed by atoms with Gasteiger partial charge in [-0.2, -0.15) is 9.98 Å². The van der Waals surface area contributed by atoms with Gasteiger partial charge in [-0.25, -0.2) is 4.98 Å². The number of aromatic nitrogens is 2. The zero-order valence-electron chi connectivity index (χ0n) is 16.5. The summed E-state index contributed by atoms with van der Waals surface area (Å²) in [6, 6.07) is 7.43. The first kappa shape index (κ1) is 23.5. The molecule has 2 aromatic rings. The number of guanidine groups is 1. The zero-order valence-corrected chi connectivity index (χ0v) is 18.8. The Hall–Kier alpha value is -1.80. The number of aliphatic imine (C=N–C) groups is 1. The summed E-state index contributed by atoms with van der Waals surface area (Å²) in [6.45, 7) is 7.33. The third-order valence-electron chi connectivity index (χ3n) is 4.56. The van der Waals surface area contributed by atoms with Crippen molar-refractivity contribution in [2.75, 3.05) is 30.3 Å². The fourth-order valence-electron chi connectivity index (χ4n) is 3.20. The van der Waals surface area contributed by atoms with Gasteiger partial charge >= 0.3 is 0 Å². The summed E-state index contributed by atoms with van der Waals surface area (Å²) < 4.78 is 0. The third kappa shape index (κ3) is 6.89. The Morgan fingerprint density at radius 3 is 2.79 bits per heavy atom. The summed E-state index contributed by atoms with van der Waals surface area (Å²) in [5.41, 5.74) is 7.51. The van der Waals surface area contributed by atoms with E-state index in [-0.39, 0.29) is 18.4 Å². The van der Waals surface area contributed by atoms with E-state index in [0.29, 0.717) is 27.7 Å². The Morgan fingerprint density at radius 1 is 1.28 bits per heavy atom. The van der Waals surface area contributed by atoms with Crippen LogP contribution in [-0.2, 0) is 0 Å². The molecule has 0 radical (unpaired) electrons. The molecule has 2 heterocycles. The SMILES string of the molecule is CCN1CCCC(Nc2cc(C)nc(N=C(N)Nc3ccc(Cl)c(Cl)c3)n2)C1.Cl. The summed E-state index contributed by atoms with van der Waals surface area (Å²) in [5, 5.41) is 7.39. The summed E-state index contributed by atoms with van der Waals surface area (Å²) in [6.07, 6.45) is 2.31. The van der Waals surface area contributed by atoms with Gasteiger partial charge in [0.2, 0.25) is 5.96 Å². The molecule has 0 aliphatic carbocycles. The molecule has 4 N–H and O–H groups in total. The van der Waals surface area contributed by atoms with Crippen molar-refractivity contribution in [2.24, 2.45) is 10.7 Å². The highest BCUT2D eigenvalue weighted by atomic mass is 35.5. The van der Waals surface area contributed by atoms with Crippen molar-refractivity contribution in [3.8, 4) is 0 Å². The maximum Gasteiger partial charge on any atom is 0.254 e. The van der Waals surface area contributed by atoms with Crippen molar-refractivity contribution in [1.82, 2.24) is 14.9 Å². The predicted octanol–water partition coefficient (Wildman–Crippen LogP) is 4.47. The number of hydrogen-bond donors (Lipinski definition) is 3. The number of aryl methyl sites for hydroxylation is 1. The number of likely N-dealkylation sites (N-methyl/N-ethyl adjacent to an activating group) is 1. The average Bonchev–Trinajstić information content (AvgIpc) is 2.64. The minimum absolute atomic E-state index is 0. The van der Waals surface area contributed by atoms with E-state index in [2.05, 4.69) is 37.4 Å². The molecule has 29 heavy (non-hydrogen) atoms. The number of nitrogens with two attached hydrogens (primary N) is 1. The van der Waals surface area contributed by atoms with Crippen LogP contribution in [0.3, 0.4) is 0 Å². The molecule has 1 aliphatic heterocycles. The van der Waals surface area contributed by atoms with Crippen LogP contribution in [0, 0.1) is 6.92 Å². The number of halogens is 3. The van der Waals surface area contributed by atoms with Gasteiger partial charge in [0.05, 0.1) is 10.0 Å². The maximum absolute atomic E-state index is 6.02. The van der Waals surface area contributed by atoms with Gasteiger partial charge in [-0.15, -0.1) is 12.4 Å². The number of likely N-dealkylation sites (tertiary alicyclic amines) is 1. The van der Waals surface area contributed by atoms with Gasteiger partial charge in [0.25, 0.3) is 5.95 Å². The molecule has 1 unspecified atom stereocenters. The maximum atomic E-state index is 6.02. The fraction of sp³-hybridized carbons (Fsp3) is 0.421. The van der Waals surface area contributed by atoms with Crippen molar-refractivity contribution in [2.45, 2.75) is 32.7 Å². The van der Waals surface area contributed by atoms with Crippen LogP contribution in [0.15, 0.2) is 29.3 Å². The van der Waals surface area contributed by atoms with Gasteiger partial charge in [-0.05, 0) is 51.1 Å². The van der Waals surface area contributed by atoms with Crippen molar-refractivity contribution in [3.63, 3.8) is 0 Å². The minimum Gasteiger partial charge on any atom is -0.369 e. The Morgan fingerprint density at radius 2 is 2.07 bits per heavy atom. The number of nitrogens with one attached hydrogen (secondary N) is 2. The molecule has 1 aliphatic rings. The molecule has 1 saturated heterocycles. The monoisotopic (exact) mass is 457 g/mol. The molecule has 1 aromatic heterocycles. The number of nitrogens with zero attached hydrogens (tertiary/aromatic N) is 4. The van der Waals surface area contributed by atoms with E-state index < -0.39 is 0 Å². The topological polar surface area (TPSA) is 91.5 Å². The van der Waals surface area contributed by atoms with Crippen molar-refractivity contribution in [3.05, 3.63) is 40.0 Å². The first-order valence-corrected chi connectivity index (χ1v) is 10.1. The molecule has 0 spiro atoms. The van der Waals surface area contributed by atoms with E-state index in [1.807, 2.05) is 13.0 Å². The van der Waals surface area contributed by atoms with E-state index >= 15 is 0 Å². The Balaban J connectivity index is 0.00000300. The molecule has 158 valence electrons. The summed E-state index contributed by atoms with van der Waals surface area (Å²) in [4.78, 5) is 15.6. The van der Waals surface area contributed by atoms with Crippen molar-refractivity contribution in [1.29, 1.82) is 0 Å². The molecule has 1 fully saturated rings.